The number of nitrogens with one attached hydrogen (secondary N) is 1. The van der Waals surface area contributed by atoms with Gasteiger partial charge in [0.2, 0.25) is 10.0 Å². The number of Topliss-reactive ketones (excluding diaryl/α,β-unsaturated/α-hetero) is 1. The zero-order valence-electron chi connectivity index (χ0n) is 18.7. The van der Waals surface area contributed by atoms with Gasteiger partial charge in [0.05, 0.1) is 10.5 Å². The van der Waals surface area contributed by atoms with Gasteiger partial charge in [0.25, 0.3) is 5.91 Å². The molecule has 0 aliphatic carbocycles. The van der Waals surface area contributed by atoms with Gasteiger partial charge in [-0.1, -0.05) is 12.8 Å². The van der Waals surface area contributed by atoms with Gasteiger partial charge >= 0.3 is 5.97 Å². The normalized spacial score (nSPS) is 15.8. The second-order valence-corrected chi connectivity index (χ2v) is 9.95. The van der Waals surface area contributed by atoms with E-state index in [9.17, 15) is 22.8 Å². The molecule has 33 heavy (non-hydrogen) atoms. The number of ether oxygens (including phenoxy) is 1. The summed E-state index contributed by atoms with van der Waals surface area (Å²) in [7, 11) is -3.61. The molecule has 1 saturated heterocycles. The van der Waals surface area contributed by atoms with E-state index in [1.807, 2.05) is 0 Å². The van der Waals surface area contributed by atoms with Gasteiger partial charge in [-0.3, -0.25) is 9.59 Å². The SMILES string of the molecule is CC(=O)c1ccc(NC(=O)C(C)OC(=O)c2ccc(S(=O)(=O)N3CCCCCC3)cc2)cc1. The minimum atomic E-state index is -3.61. The van der Waals surface area contributed by atoms with E-state index in [4.69, 9.17) is 4.74 Å². The quantitative estimate of drug-likeness (QED) is 0.487. The predicted octanol–water partition coefficient (Wildman–Crippen LogP) is 3.64. The highest BCUT2D eigenvalue weighted by Crippen LogP contribution is 2.21. The average molecular weight is 473 g/mol. The highest BCUT2D eigenvalue weighted by molar-refractivity contribution is 7.89. The molecule has 1 aliphatic rings. The van der Waals surface area contributed by atoms with E-state index in [1.165, 1.54) is 42.4 Å². The first-order valence-corrected chi connectivity index (χ1v) is 12.4. The third-order valence-electron chi connectivity index (χ3n) is 5.50. The molecular weight excluding hydrogens is 444 g/mol. The number of ketones is 1. The Kier molecular flexibility index (Phi) is 7.99. The zero-order valence-corrected chi connectivity index (χ0v) is 19.6. The number of carbonyl (C=O) groups is 3. The molecule has 1 N–H and O–H groups in total. The van der Waals surface area contributed by atoms with Crippen molar-refractivity contribution in [3.05, 3.63) is 59.7 Å². The molecule has 1 fully saturated rings. The number of hydrogen-bond acceptors (Lipinski definition) is 6. The highest BCUT2D eigenvalue weighted by Gasteiger charge is 2.26. The second kappa shape index (κ2) is 10.7. The number of benzene rings is 2. The highest BCUT2D eigenvalue weighted by atomic mass is 32.2. The zero-order chi connectivity index (χ0) is 24.0. The van der Waals surface area contributed by atoms with Crippen molar-refractivity contribution < 1.29 is 27.5 Å². The molecular formula is C24H28N2O6S. The van der Waals surface area contributed by atoms with E-state index in [-0.39, 0.29) is 16.2 Å². The topological polar surface area (TPSA) is 110 Å². The molecule has 2 aromatic rings. The predicted molar refractivity (Wildman–Crippen MR) is 124 cm³/mol. The Labute approximate surface area is 194 Å². The average Bonchev–Trinajstić information content (AvgIpc) is 3.09. The van der Waals surface area contributed by atoms with Crippen LogP contribution in [0.3, 0.4) is 0 Å². The molecule has 1 aliphatic heterocycles. The van der Waals surface area contributed by atoms with Gasteiger partial charge in [-0.2, -0.15) is 4.31 Å². The molecule has 176 valence electrons. The molecule has 0 radical (unpaired) electrons. The van der Waals surface area contributed by atoms with Crippen molar-refractivity contribution in [1.29, 1.82) is 0 Å². The van der Waals surface area contributed by atoms with Crippen molar-refractivity contribution >= 4 is 33.4 Å². The molecule has 0 bridgehead atoms. The molecule has 1 heterocycles. The maximum atomic E-state index is 12.9. The van der Waals surface area contributed by atoms with Crippen LogP contribution in [-0.4, -0.2) is 49.6 Å². The fraction of sp³-hybridized carbons (Fsp3) is 0.375. The summed E-state index contributed by atoms with van der Waals surface area (Å²) in [4.78, 5) is 36.2. The van der Waals surface area contributed by atoms with Crippen LogP contribution in [0.5, 0.6) is 0 Å². The van der Waals surface area contributed by atoms with Crippen LogP contribution in [0.25, 0.3) is 0 Å². The van der Waals surface area contributed by atoms with Crippen molar-refractivity contribution in [2.75, 3.05) is 18.4 Å². The molecule has 9 heteroatoms. The van der Waals surface area contributed by atoms with Gasteiger partial charge in [0.15, 0.2) is 11.9 Å². The Balaban J connectivity index is 1.60. The molecule has 8 nitrogen and oxygen atoms in total. The number of hydrogen-bond donors (Lipinski definition) is 1. The van der Waals surface area contributed by atoms with Crippen molar-refractivity contribution in [3.63, 3.8) is 0 Å². The van der Waals surface area contributed by atoms with Crippen molar-refractivity contribution in [2.24, 2.45) is 0 Å². The second-order valence-electron chi connectivity index (χ2n) is 8.01. The minimum Gasteiger partial charge on any atom is -0.449 e. The van der Waals surface area contributed by atoms with Gasteiger partial charge in [-0.25, -0.2) is 13.2 Å². The van der Waals surface area contributed by atoms with E-state index in [0.29, 0.717) is 24.3 Å². The Bertz CT molecular complexity index is 1100. The number of sulfonamides is 1. The smallest absolute Gasteiger partial charge is 0.338 e. The number of rotatable bonds is 7. The van der Waals surface area contributed by atoms with Gasteiger partial charge in [0, 0.05) is 24.3 Å². The van der Waals surface area contributed by atoms with E-state index in [0.717, 1.165) is 25.7 Å². The largest absolute Gasteiger partial charge is 0.449 e. The standard InChI is InChI=1S/C24H28N2O6S/c1-17(27)19-7-11-21(12-8-19)25-23(28)18(2)32-24(29)20-9-13-22(14-10-20)33(30,31)26-15-5-3-4-6-16-26/h7-14,18H,3-6,15-16H2,1-2H3,(H,25,28). The van der Waals surface area contributed by atoms with Crippen molar-refractivity contribution in [1.82, 2.24) is 4.31 Å². The van der Waals surface area contributed by atoms with Crippen LogP contribution >= 0.6 is 0 Å². The Morgan fingerprint density at radius 3 is 1.97 bits per heavy atom. The van der Waals surface area contributed by atoms with Crippen LogP contribution in [0.1, 0.15) is 60.2 Å². The maximum absolute atomic E-state index is 12.9. The van der Waals surface area contributed by atoms with E-state index in [1.54, 1.807) is 24.3 Å². The lowest BCUT2D eigenvalue weighted by Crippen LogP contribution is -2.32. The van der Waals surface area contributed by atoms with Gasteiger partial charge in [0.1, 0.15) is 0 Å². The lowest BCUT2D eigenvalue weighted by Gasteiger charge is -2.20. The Morgan fingerprint density at radius 1 is 0.879 bits per heavy atom. The summed E-state index contributed by atoms with van der Waals surface area (Å²) in [5, 5.41) is 2.62. The first kappa shape index (κ1) is 24.6. The summed E-state index contributed by atoms with van der Waals surface area (Å²) < 4.78 is 32.4. The summed E-state index contributed by atoms with van der Waals surface area (Å²) >= 11 is 0. The number of carbonyl (C=O) groups excluding carboxylic acids is 3. The van der Waals surface area contributed by atoms with Crippen molar-refractivity contribution in [3.8, 4) is 0 Å². The van der Waals surface area contributed by atoms with E-state index >= 15 is 0 Å². The molecule has 2 aromatic carbocycles. The third-order valence-corrected chi connectivity index (χ3v) is 7.42. The first-order chi connectivity index (χ1) is 15.7. The van der Waals surface area contributed by atoms with Crippen LogP contribution in [0, 0.1) is 0 Å². The number of amides is 1. The molecule has 1 atom stereocenters. The molecule has 0 spiro atoms. The molecule has 3 rings (SSSR count). The van der Waals surface area contributed by atoms with Gasteiger partial charge < -0.3 is 10.1 Å². The van der Waals surface area contributed by atoms with E-state index < -0.39 is 28.0 Å². The van der Waals surface area contributed by atoms with Crippen molar-refractivity contribution in [2.45, 2.75) is 50.5 Å². The summed E-state index contributed by atoms with van der Waals surface area (Å²) in [6.45, 7) is 3.88. The van der Waals surface area contributed by atoms with Crippen LogP contribution in [0.4, 0.5) is 5.69 Å². The van der Waals surface area contributed by atoms with Crippen LogP contribution < -0.4 is 5.32 Å². The Morgan fingerprint density at radius 2 is 1.42 bits per heavy atom. The van der Waals surface area contributed by atoms with E-state index in [2.05, 4.69) is 5.32 Å². The van der Waals surface area contributed by atoms with Crippen LogP contribution in [-0.2, 0) is 19.6 Å². The number of esters is 1. The monoisotopic (exact) mass is 472 g/mol. The lowest BCUT2D eigenvalue weighted by atomic mass is 10.1. The maximum Gasteiger partial charge on any atom is 0.338 e. The molecule has 0 saturated carbocycles. The summed E-state index contributed by atoms with van der Waals surface area (Å²) in [5.74, 6) is -1.34. The van der Waals surface area contributed by atoms with Gasteiger partial charge in [-0.15, -0.1) is 0 Å². The first-order valence-electron chi connectivity index (χ1n) is 10.9. The Hall–Kier alpha value is -3.04. The lowest BCUT2D eigenvalue weighted by molar-refractivity contribution is -0.123. The number of anilines is 1. The fourth-order valence-electron chi connectivity index (χ4n) is 3.51. The molecule has 1 unspecified atom stereocenters. The third kappa shape index (κ3) is 6.27. The van der Waals surface area contributed by atoms with Crippen LogP contribution in [0.15, 0.2) is 53.4 Å². The minimum absolute atomic E-state index is 0.0829. The van der Waals surface area contributed by atoms with Crippen LogP contribution in [0.2, 0.25) is 0 Å². The molecule has 1 amide bonds. The number of nitrogens with zero attached hydrogens (tertiary/aromatic N) is 1. The molecule has 0 aromatic heterocycles. The summed E-state index contributed by atoms with van der Waals surface area (Å²) in [6.07, 6.45) is 2.64. The van der Waals surface area contributed by atoms with Gasteiger partial charge in [-0.05, 0) is 75.2 Å². The summed E-state index contributed by atoms with van der Waals surface area (Å²) in [5.41, 5.74) is 1.14. The fourth-order valence-corrected chi connectivity index (χ4v) is 5.03. The summed E-state index contributed by atoms with van der Waals surface area (Å²) in [6, 6.07) is 11.9.